The second kappa shape index (κ2) is 5.63. The Hall–Kier alpha value is -1.19. The zero-order valence-corrected chi connectivity index (χ0v) is 9.23. The van der Waals surface area contributed by atoms with Gasteiger partial charge in [-0.3, -0.25) is 9.69 Å². The highest BCUT2D eigenvalue weighted by atomic mass is 16.3. The molecule has 0 radical (unpaired) electrons. The smallest absolute Gasteiger partial charge is 0.159 e. The lowest BCUT2D eigenvalue weighted by Crippen LogP contribution is -2.21. The molecule has 0 saturated heterocycles. The first-order valence-corrected chi connectivity index (χ1v) is 5.02. The average Bonchev–Trinajstić information content (AvgIpc) is 2.18. The number of hydrogen-bond donors (Lipinski definition) is 1. The molecule has 0 aliphatic rings. The summed E-state index contributed by atoms with van der Waals surface area (Å²) in [5, 5.41) is 8.75. The van der Waals surface area contributed by atoms with Crippen molar-refractivity contribution < 1.29 is 9.90 Å². The minimum atomic E-state index is 0.0882. The molecular weight excluding hydrogens is 190 g/mol. The van der Waals surface area contributed by atoms with E-state index in [-0.39, 0.29) is 12.4 Å². The van der Waals surface area contributed by atoms with Crippen molar-refractivity contribution >= 4 is 5.78 Å². The van der Waals surface area contributed by atoms with Gasteiger partial charge in [-0.05, 0) is 19.5 Å². The van der Waals surface area contributed by atoms with Crippen molar-refractivity contribution in [2.45, 2.75) is 13.5 Å². The molecule has 1 rings (SSSR count). The number of benzene rings is 1. The molecule has 1 N–H and O–H groups in total. The molecule has 0 unspecified atom stereocenters. The Kier molecular flexibility index (Phi) is 4.46. The fourth-order valence-electron chi connectivity index (χ4n) is 1.41. The van der Waals surface area contributed by atoms with Gasteiger partial charge in [0.1, 0.15) is 0 Å². The van der Waals surface area contributed by atoms with Gasteiger partial charge in [0.2, 0.25) is 0 Å². The lowest BCUT2D eigenvalue weighted by atomic mass is 10.1. The highest BCUT2D eigenvalue weighted by Crippen LogP contribution is 2.07. The number of aliphatic hydroxyl groups is 1. The number of rotatable bonds is 5. The van der Waals surface area contributed by atoms with Crippen molar-refractivity contribution in [3.63, 3.8) is 0 Å². The minimum absolute atomic E-state index is 0.0882. The van der Waals surface area contributed by atoms with Crippen LogP contribution in [0.4, 0.5) is 0 Å². The van der Waals surface area contributed by atoms with Gasteiger partial charge in [0.05, 0.1) is 6.61 Å². The van der Waals surface area contributed by atoms with Gasteiger partial charge in [-0.15, -0.1) is 0 Å². The van der Waals surface area contributed by atoms with Crippen LogP contribution in [0.2, 0.25) is 0 Å². The standard InChI is InChI=1S/C12H17NO2/c1-10(15)12-5-3-11(4-6-12)9-13(2)7-8-14/h3-6,14H,7-9H2,1-2H3. The first-order chi connectivity index (χ1) is 7.13. The number of nitrogens with zero attached hydrogens (tertiary/aromatic N) is 1. The van der Waals surface area contributed by atoms with Crippen molar-refractivity contribution in [3.8, 4) is 0 Å². The first-order valence-electron chi connectivity index (χ1n) is 5.02. The van der Waals surface area contributed by atoms with Crippen LogP contribution in [0.3, 0.4) is 0 Å². The van der Waals surface area contributed by atoms with Gasteiger partial charge >= 0.3 is 0 Å². The summed E-state index contributed by atoms with van der Waals surface area (Å²) in [6.07, 6.45) is 0. The van der Waals surface area contributed by atoms with Gasteiger partial charge in [0.25, 0.3) is 0 Å². The highest BCUT2D eigenvalue weighted by Gasteiger charge is 2.01. The normalized spacial score (nSPS) is 10.7. The molecule has 1 aromatic carbocycles. The zero-order valence-electron chi connectivity index (χ0n) is 9.23. The highest BCUT2D eigenvalue weighted by molar-refractivity contribution is 5.93. The molecule has 15 heavy (non-hydrogen) atoms. The lowest BCUT2D eigenvalue weighted by molar-refractivity contribution is 0.101. The Balaban J connectivity index is 2.60. The Morgan fingerprint density at radius 2 is 1.93 bits per heavy atom. The molecule has 0 saturated carbocycles. The van der Waals surface area contributed by atoms with E-state index in [9.17, 15) is 4.79 Å². The van der Waals surface area contributed by atoms with E-state index >= 15 is 0 Å². The molecule has 0 bridgehead atoms. The van der Waals surface area contributed by atoms with Gasteiger partial charge in [-0.1, -0.05) is 24.3 Å². The Morgan fingerprint density at radius 1 is 1.33 bits per heavy atom. The summed E-state index contributed by atoms with van der Waals surface area (Å²) in [4.78, 5) is 13.1. The maximum Gasteiger partial charge on any atom is 0.159 e. The molecular formula is C12H17NO2. The van der Waals surface area contributed by atoms with Crippen molar-refractivity contribution in [1.29, 1.82) is 0 Å². The van der Waals surface area contributed by atoms with Crippen LogP contribution in [0.15, 0.2) is 24.3 Å². The van der Waals surface area contributed by atoms with Gasteiger partial charge < -0.3 is 5.11 Å². The van der Waals surface area contributed by atoms with Gasteiger partial charge in [-0.2, -0.15) is 0 Å². The summed E-state index contributed by atoms with van der Waals surface area (Å²) >= 11 is 0. The van der Waals surface area contributed by atoms with E-state index in [1.807, 2.05) is 36.2 Å². The van der Waals surface area contributed by atoms with Crippen LogP contribution < -0.4 is 0 Å². The monoisotopic (exact) mass is 207 g/mol. The number of likely N-dealkylation sites (N-methyl/N-ethyl adjacent to an activating group) is 1. The number of hydrogen-bond acceptors (Lipinski definition) is 3. The average molecular weight is 207 g/mol. The van der Waals surface area contributed by atoms with Crippen LogP contribution in [-0.2, 0) is 6.54 Å². The second-order valence-electron chi connectivity index (χ2n) is 3.71. The number of carbonyl (C=O) groups excluding carboxylic acids is 1. The third kappa shape index (κ3) is 3.81. The van der Waals surface area contributed by atoms with E-state index in [1.54, 1.807) is 6.92 Å². The van der Waals surface area contributed by atoms with Crippen molar-refractivity contribution in [3.05, 3.63) is 35.4 Å². The summed E-state index contributed by atoms with van der Waals surface area (Å²) in [6, 6.07) is 7.57. The van der Waals surface area contributed by atoms with Crippen molar-refractivity contribution in [1.82, 2.24) is 4.90 Å². The zero-order chi connectivity index (χ0) is 11.3. The van der Waals surface area contributed by atoms with E-state index < -0.39 is 0 Å². The maximum absolute atomic E-state index is 11.0. The predicted molar refractivity (Wildman–Crippen MR) is 59.9 cm³/mol. The molecule has 0 atom stereocenters. The summed E-state index contributed by atoms with van der Waals surface area (Å²) in [5.74, 6) is 0.0882. The second-order valence-corrected chi connectivity index (χ2v) is 3.71. The molecule has 0 spiro atoms. The number of ketones is 1. The minimum Gasteiger partial charge on any atom is -0.395 e. The van der Waals surface area contributed by atoms with E-state index in [1.165, 1.54) is 0 Å². The van der Waals surface area contributed by atoms with Crippen LogP contribution >= 0.6 is 0 Å². The Bertz CT molecular complexity index is 319. The van der Waals surface area contributed by atoms with Crippen LogP contribution in [0.5, 0.6) is 0 Å². The molecule has 3 nitrogen and oxygen atoms in total. The largest absolute Gasteiger partial charge is 0.395 e. The third-order valence-corrected chi connectivity index (χ3v) is 2.29. The Morgan fingerprint density at radius 3 is 2.40 bits per heavy atom. The fraction of sp³-hybridized carbons (Fsp3) is 0.417. The summed E-state index contributed by atoms with van der Waals surface area (Å²) in [5.41, 5.74) is 1.89. The molecule has 1 aromatic rings. The maximum atomic E-state index is 11.0. The number of Topliss-reactive ketones (excluding diaryl/α,β-unsaturated/α-hetero) is 1. The fourth-order valence-corrected chi connectivity index (χ4v) is 1.41. The van der Waals surface area contributed by atoms with Crippen LogP contribution in [0.25, 0.3) is 0 Å². The molecule has 3 heteroatoms. The summed E-state index contributed by atoms with van der Waals surface area (Å²) < 4.78 is 0. The van der Waals surface area contributed by atoms with Crippen LogP contribution in [-0.4, -0.2) is 36.0 Å². The SMILES string of the molecule is CC(=O)c1ccc(CN(C)CCO)cc1. The van der Waals surface area contributed by atoms with E-state index in [0.29, 0.717) is 6.54 Å². The molecule has 82 valence electrons. The van der Waals surface area contributed by atoms with Gasteiger partial charge in [0, 0.05) is 18.7 Å². The lowest BCUT2D eigenvalue weighted by Gasteiger charge is -2.14. The third-order valence-electron chi connectivity index (χ3n) is 2.29. The molecule has 0 aliphatic carbocycles. The molecule has 0 heterocycles. The van der Waals surface area contributed by atoms with E-state index in [4.69, 9.17) is 5.11 Å². The van der Waals surface area contributed by atoms with Gasteiger partial charge in [0.15, 0.2) is 5.78 Å². The number of aliphatic hydroxyl groups excluding tert-OH is 1. The summed E-state index contributed by atoms with van der Waals surface area (Å²) in [6.45, 7) is 3.18. The molecule has 0 amide bonds. The quantitative estimate of drug-likeness (QED) is 0.740. The van der Waals surface area contributed by atoms with E-state index in [0.717, 1.165) is 17.7 Å². The first kappa shape index (κ1) is 11.9. The molecule has 0 aromatic heterocycles. The number of carbonyl (C=O) groups is 1. The molecule has 0 aliphatic heterocycles. The topological polar surface area (TPSA) is 40.5 Å². The van der Waals surface area contributed by atoms with Crippen molar-refractivity contribution in [2.24, 2.45) is 0 Å². The van der Waals surface area contributed by atoms with E-state index in [2.05, 4.69) is 0 Å². The predicted octanol–water partition coefficient (Wildman–Crippen LogP) is 1.31. The van der Waals surface area contributed by atoms with Crippen LogP contribution in [0, 0.1) is 0 Å². The Labute approximate surface area is 90.3 Å². The summed E-state index contributed by atoms with van der Waals surface area (Å²) in [7, 11) is 1.95. The molecule has 0 fully saturated rings. The van der Waals surface area contributed by atoms with Crippen molar-refractivity contribution in [2.75, 3.05) is 20.2 Å². The van der Waals surface area contributed by atoms with Gasteiger partial charge in [-0.25, -0.2) is 0 Å². The van der Waals surface area contributed by atoms with Crippen LogP contribution in [0.1, 0.15) is 22.8 Å².